The minimum Gasteiger partial charge on any atom is -0.507 e. The molecule has 0 aliphatic rings. The van der Waals surface area contributed by atoms with Gasteiger partial charge in [-0.05, 0) is 89.0 Å². The molecule has 5 nitrogen and oxygen atoms in total. The molecule has 3 aromatic heterocycles. The first-order valence-corrected chi connectivity index (χ1v) is 19.8. The molecule has 5 heteroatoms. The summed E-state index contributed by atoms with van der Waals surface area (Å²) < 4.78 is 4.48. The van der Waals surface area contributed by atoms with Gasteiger partial charge < -0.3 is 9.67 Å². The van der Waals surface area contributed by atoms with E-state index < -0.39 is 0 Å². The fourth-order valence-corrected chi connectivity index (χ4v) is 8.56. The van der Waals surface area contributed by atoms with Crippen LogP contribution in [0, 0.1) is 0 Å². The second kappa shape index (κ2) is 14.2. The van der Waals surface area contributed by atoms with Crippen molar-refractivity contribution < 1.29 is 5.11 Å². The number of rotatable bonds is 7. The van der Waals surface area contributed by atoms with Crippen molar-refractivity contribution in [2.75, 3.05) is 0 Å². The number of benzene rings is 8. The summed E-state index contributed by atoms with van der Waals surface area (Å²) in [5, 5.41) is 13.6. The molecule has 0 aliphatic heterocycles. The number of aromatic hydroxyl groups is 1. The van der Waals surface area contributed by atoms with Crippen LogP contribution in [0.25, 0.3) is 100 Å². The highest BCUT2D eigenvalue weighted by Gasteiger charge is 2.22. The molecule has 0 aliphatic carbocycles. The van der Waals surface area contributed by atoms with Crippen LogP contribution in [0.15, 0.2) is 212 Å². The van der Waals surface area contributed by atoms with E-state index in [4.69, 9.17) is 9.97 Å². The number of para-hydroxylation sites is 5. The van der Waals surface area contributed by atoms with Crippen molar-refractivity contribution in [2.24, 2.45) is 0 Å². The third-order valence-electron chi connectivity index (χ3n) is 11.3. The van der Waals surface area contributed by atoms with E-state index in [0.29, 0.717) is 11.4 Å². The summed E-state index contributed by atoms with van der Waals surface area (Å²) in [6.07, 6.45) is 2.01. The topological polar surface area (TPSA) is 55.9 Å². The van der Waals surface area contributed by atoms with Crippen LogP contribution in [0.3, 0.4) is 0 Å². The summed E-state index contributed by atoms with van der Waals surface area (Å²) in [5.41, 5.74) is 15.0. The number of hydrogen-bond acceptors (Lipinski definition) is 3. The molecule has 0 saturated heterocycles. The van der Waals surface area contributed by atoms with Gasteiger partial charge in [-0.3, -0.25) is 9.55 Å². The summed E-state index contributed by atoms with van der Waals surface area (Å²) in [5.74, 6) is 0.835. The second-order valence-corrected chi connectivity index (χ2v) is 14.8. The fourth-order valence-electron chi connectivity index (χ4n) is 8.56. The Morgan fingerprint density at radius 3 is 1.80 bits per heavy atom. The molecule has 0 radical (unpaired) electrons. The fraction of sp³-hybridized carbons (Fsp3) is 0. The van der Waals surface area contributed by atoms with Crippen molar-refractivity contribution in [3.63, 3.8) is 0 Å². The lowest BCUT2D eigenvalue weighted by atomic mass is 9.94. The van der Waals surface area contributed by atoms with Crippen LogP contribution in [-0.4, -0.2) is 24.2 Å². The molecule has 0 bridgehead atoms. The van der Waals surface area contributed by atoms with E-state index >= 15 is 0 Å². The molecular weight excluding hydrogens is 721 g/mol. The highest BCUT2D eigenvalue weighted by molar-refractivity contribution is 6.10. The molecule has 59 heavy (non-hydrogen) atoms. The molecule has 0 saturated carbocycles. The molecule has 0 spiro atoms. The van der Waals surface area contributed by atoms with E-state index in [-0.39, 0.29) is 5.75 Å². The van der Waals surface area contributed by atoms with E-state index in [1.165, 1.54) is 5.39 Å². The number of hydrogen-bond donors (Lipinski definition) is 1. The lowest BCUT2D eigenvalue weighted by molar-refractivity contribution is 0.477. The van der Waals surface area contributed by atoms with Crippen LogP contribution >= 0.6 is 0 Å². The molecule has 1 N–H and O–H groups in total. The summed E-state index contributed by atoms with van der Waals surface area (Å²) in [7, 11) is 0. The van der Waals surface area contributed by atoms with Crippen molar-refractivity contribution in [2.45, 2.75) is 0 Å². The molecular formula is C54H36N4O. The Labute approximate surface area is 341 Å². The van der Waals surface area contributed by atoms with Gasteiger partial charge in [0, 0.05) is 33.2 Å². The van der Waals surface area contributed by atoms with E-state index in [0.717, 1.165) is 83.5 Å². The van der Waals surface area contributed by atoms with Gasteiger partial charge in [-0.15, -0.1) is 0 Å². The molecule has 0 amide bonds. The van der Waals surface area contributed by atoms with Crippen LogP contribution in [-0.2, 0) is 0 Å². The molecule has 0 atom stereocenters. The molecule has 3 heterocycles. The average molecular weight is 757 g/mol. The van der Waals surface area contributed by atoms with Crippen LogP contribution in [0.2, 0.25) is 0 Å². The van der Waals surface area contributed by atoms with Gasteiger partial charge in [0.15, 0.2) is 0 Å². The van der Waals surface area contributed by atoms with Gasteiger partial charge in [0.25, 0.3) is 0 Å². The third-order valence-corrected chi connectivity index (χ3v) is 11.3. The largest absolute Gasteiger partial charge is 0.507 e. The standard InChI is InChI=1S/C54H36N4O/c59-52-30-15-12-25-45(52)54-56-53-43(26-16-29-50(53)58(54)48-27-13-10-23-42(48)37-19-6-2-7-20-37)39-31-38(36-17-4-1-5-18-36)32-40(33-39)47-34-46-44-24-11-14-28-49(44)57(51(46)35-55-47)41-21-8-3-9-22-41/h1-35,59H. The Bertz CT molecular complexity index is 3330. The van der Waals surface area contributed by atoms with E-state index in [1.807, 2.05) is 42.6 Å². The molecule has 0 fully saturated rings. The predicted molar refractivity (Wildman–Crippen MR) is 242 cm³/mol. The van der Waals surface area contributed by atoms with Crippen molar-refractivity contribution in [3.8, 4) is 73.2 Å². The lowest BCUT2D eigenvalue weighted by Gasteiger charge is -2.15. The number of nitrogens with zero attached hydrogens (tertiary/aromatic N) is 4. The number of phenolic OH excluding ortho intramolecular Hbond substituents is 1. The number of aromatic nitrogens is 4. The SMILES string of the molecule is Oc1ccccc1-c1nc2c(-c3cc(-c4ccccc4)cc(-c4cc5c6ccccc6n(-c6ccccc6)c5cn4)c3)cccc2n1-c1ccccc1-c1ccccc1. The Kier molecular flexibility index (Phi) is 8.23. The van der Waals surface area contributed by atoms with Crippen LogP contribution in [0.4, 0.5) is 0 Å². The lowest BCUT2D eigenvalue weighted by Crippen LogP contribution is -2.00. The third kappa shape index (κ3) is 5.87. The maximum absolute atomic E-state index is 11.3. The van der Waals surface area contributed by atoms with Gasteiger partial charge in [0.1, 0.15) is 11.6 Å². The first-order valence-electron chi connectivity index (χ1n) is 19.8. The summed E-state index contributed by atoms with van der Waals surface area (Å²) in [4.78, 5) is 10.6. The molecule has 11 rings (SSSR count). The average Bonchev–Trinajstić information content (AvgIpc) is 3.86. The number of phenols is 1. The van der Waals surface area contributed by atoms with Gasteiger partial charge in [0.05, 0.1) is 45.2 Å². The van der Waals surface area contributed by atoms with E-state index in [2.05, 4.69) is 173 Å². The molecule has 0 unspecified atom stereocenters. The zero-order valence-electron chi connectivity index (χ0n) is 31.9. The Hall–Kier alpha value is -8.02. The number of imidazole rings is 1. The van der Waals surface area contributed by atoms with E-state index in [1.54, 1.807) is 6.07 Å². The minimum absolute atomic E-state index is 0.172. The zero-order valence-corrected chi connectivity index (χ0v) is 31.9. The van der Waals surface area contributed by atoms with Gasteiger partial charge in [-0.25, -0.2) is 4.98 Å². The van der Waals surface area contributed by atoms with Crippen molar-refractivity contribution in [1.29, 1.82) is 0 Å². The monoisotopic (exact) mass is 756 g/mol. The Balaban J connectivity index is 1.15. The van der Waals surface area contributed by atoms with Gasteiger partial charge in [-0.2, -0.15) is 0 Å². The number of fused-ring (bicyclic) bond motifs is 4. The van der Waals surface area contributed by atoms with Crippen molar-refractivity contribution in [1.82, 2.24) is 19.1 Å². The van der Waals surface area contributed by atoms with Gasteiger partial charge in [0.2, 0.25) is 0 Å². The summed E-state index contributed by atoms with van der Waals surface area (Å²) in [6, 6.07) is 71.2. The maximum atomic E-state index is 11.3. The predicted octanol–water partition coefficient (Wildman–Crippen LogP) is 13.6. The second-order valence-electron chi connectivity index (χ2n) is 14.8. The van der Waals surface area contributed by atoms with Crippen molar-refractivity contribution >= 4 is 32.8 Å². The van der Waals surface area contributed by atoms with Crippen LogP contribution in [0.5, 0.6) is 5.75 Å². The molecule has 11 aromatic rings. The zero-order chi connectivity index (χ0) is 39.3. The van der Waals surface area contributed by atoms with Gasteiger partial charge in [-0.1, -0.05) is 140 Å². The number of pyridine rings is 1. The quantitative estimate of drug-likeness (QED) is 0.176. The van der Waals surface area contributed by atoms with Gasteiger partial charge >= 0.3 is 0 Å². The first-order chi connectivity index (χ1) is 29.2. The van der Waals surface area contributed by atoms with Crippen LogP contribution < -0.4 is 0 Å². The van der Waals surface area contributed by atoms with Crippen molar-refractivity contribution in [3.05, 3.63) is 212 Å². The highest BCUT2D eigenvalue weighted by atomic mass is 16.3. The minimum atomic E-state index is 0.172. The first kappa shape index (κ1) is 34.2. The normalized spacial score (nSPS) is 11.5. The molecule has 278 valence electrons. The van der Waals surface area contributed by atoms with Crippen LogP contribution in [0.1, 0.15) is 0 Å². The highest BCUT2D eigenvalue weighted by Crippen LogP contribution is 2.42. The Morgan fingerprint density at radius 2 is 1.00 bits per heavy atom. The van der Waals surface area contributed by atoms with E-state index in [9.17, 15) is 5.11 Å². The molecule has 8 aromatic carbocycles. The smallest absolute Gasteiger partial charge is 0.149 e. The Morgan fingerprint density at radius 1 is 0.390 bits per heavy atom. The summed E-state index contributed by atoms with van der Waals surface area (Å²) >= 11 is 0. The maximum Gasteiger partial charge on any atom is 0.149 e. The summed E-state index contributed by atoms with van der Waals surface area (Å²) in [6.45, 7) is 0.